The van der Waals surface area contributed by atoms with Crippen molar-refractivity contribution in [2.24, 2.45) is 5.92 Å². The maximum Gasteiger partial charge on any atom is 0.112 e. The van der Waals surface area contributed by atoms with Crippen LogP contribution in [0, 0.1) is 5.92 Å². The van der Waals surface area contributed by atoms with Crippen LogP contribution in [0.1, 0.15) is 34.1 Å². The SMILES string of the molecule is CC(C)N1CCC(C2NC(C)(C)CO2)C1.Cl. The molecular formula is C12H25ClN2O. The van der Waals surface area contributed by atoms with Crippen LogP contribution >= 0.6 is 12.4 Å². The number of likely N-dealkylation sites (tertiary alicyclic amines) is 1. The van der Waals surface area contributed by atoms with E-state index in [1.54, 1.807) is 0 Å². The highest BCUT2D eigenvalue weighted by Crippen LogP contribution is 2.27. The highest BCUT2D eigenvalue weighted by atomic mass is 35.5. The van der Waals surface area contributed by atoms with Crippen molar-refractivity contribution in [2.45, 2.75) is 51.9 Å². The second kappa shape index (κ2) is 5.21. The topological polar surface area (TPSA) is 24.5 Å². The molecule has 0 saturated carbocycles. The van der Waals surface area contributed by atoms with Crippen molar-refractivity contribution in [2.75, 3.05) is 19.7 Å². The summed E-state index contributed by atoms with van der Waals surface area (Å²) in [6.45, 7) is 12.2. The first-order valence-corrected chi connectivity index (χ1v) is 6.11. The molecule has 16 heavy (non-hydrogen) atoms. The van der Waals surface area contributed by atoms with Gasteiger partial charge in [0.05, 0.1) is 6.61 Å². The third-order valence-electron chi connectivity index (χ3n) is 3.57. The Hall–Kier alpha value is 0.170. The van der Waals surface area contributed by atoms with E-state index in [0.717, 1.165) is 6.61 Å². The van der Waals surface area contributed by atoms with Crippen LogP contribution in [-0.2, 0) is 4.74 Å². The number of nitrogens with zero attached hydrogens (tertiary/aromatic N) is 1. The molecule has 2 aliphatic rings. The Morgan fingerprint density at radius 3 is 2.50 bits per heavy atom. The van der Waals surface area contributed by atoms with Crippen molar-refractivity contribution < 1.29 is 4.74 Å². The fraction of sp³-hybridized carbons (Fsp3) is 1.00. The summed E-state index contributed by atoms with van der Waals surface area (Å²) in [7, 11) is 0. The van der Waals surface area contributed by atoms with Gasteiger partial charge >= 0.3 is 0 Å². The van der Waals surface area contributed by atoms with Gasteiger partial charge < -0.3 is 9.64 Å². The average Bonchev–Trinajstić information content (AvgIpc) is 2.70. The van der Waals surface area contributed by atoms with E-state index in [2.05, 4.69) is 37.9 Å². The molecule has 2 heterocycles. The van der Waals surface area contributed by atoms with E-state index in [0.29, 0.717) is 12.0 Å². The number of hydrogen-bond acceptors (Lipinski definition) is 3. The van der Waals surface area contributed by atoms with Crippen LogP contribution in [0.3, 0.4) is 0 Å². The first kappa shape index (κ1) is 14.2. The van der Waals surface area contributed by atoms with Crippen molar-refractivity contribution in [3.8, 4) is 0 Å². The standard InChI is InChI=1S/C12H24N2O.ClH/c1-9(2)14-6-5-10(7-14)11-13-12(3,4)8-15-11;/h9-11,13H,5-8H2,1-4H3;1H. The highest BCUT2D eigenvalue weighted by Gasteiger charge is 2.38. The lowest BCUT2D eigenvalue weighted by molar-refractivity contribution is 0.0525. The Kier molecular flexibility index (Phi) is 4.64. The van der Waals surface area contributed by atoms with Crippen LogP contribution < -0.4 is 5.32 Å². The molecule has 0 amide bonds. The van der Waals surface area contributed by atoms with Gasteiger partial charge in [-0.25, -0.2) is 0 Å². The number of hydrogen-bond donors (Lipinski definition) is 1. The van der Waals surface area contributed by atoms with E-state index in [-0.39, 0.29) is 24.2 Å². The first-order chi connectivity index (χ1) is 6.98. The smallest absolute Gasteiger partial charge is 0.112 e. The monoisotopic (exact) mass is 248 g/mol. The molecule has 2 fully saturated rings. The van der Waals surface area contributed by atoms with E-state index in [1.807, 2.05) is 0 Å². The minimum Gasteiger partial charge on any atom is -0.361 e. The van der Waals surface area contributed by atoms with Crippen LogP contribution in [0.25, 0.3) is 0 Å². The van der Waals surface area contributed by atoms with Crippen LogP contribution in [0.15, 0.2) is 0 Å². The van der Waals surface area contributed by atoms with E-state index in [1.165, 1.54) is 19.5 Å². The summed E-state index contributed by atoms with van der Waals surface area (Å²) in [6, 6.07) is 0.671. The van der Waals surface area contributed by atoms with E-state index < -0.39 is 0 Å². The summed E-state index contributed by atoms with van der Waals surface area (Å²) >= 11 is 0. The van der Waals surface area contributed by atoms with Crippen molar-refractivity contribution in [1.29, 1.82) is 0 Å². The Balaban J connectivity index is 0.00000128. The third kappa shape index (κ3) is 3.10. The van der Waals surface area contributed by atoms with Crippen molar-refractivity contribution in [1.82, 2.24) is 10.2 Å². The zero-order valence-corrected chi connectivity index (χ0v) is 11.6. The predicted molar refractivity (Wildman–Crippen MR) is 69.0 cm³/mol. The molecule has 0 aromatic heterocycles. The summed E-state index contributed by atoms with van der Waals surface area (Å²) in [6.07, 6.45) is 1.55. The molecule has 2 saturated heterocycles. The fourth-order valence-electron chi connectivity index (χ4n) is 2.55. The number of ether oxygens (including phenoxy) is 1. The second-order valence-electron chi connectivity index (χ2n) is 5.90. The van der Waals surface area contributed by atoms with Crippen molar-refractivity contribution >= 4 is 12.4 Å². The van der Waals surface area contributed by atoms with Gasteiger partial charge in [0.2, 0.25) is 0 Å². The minimum atomic E-state index is 0. The molecule has 2 unspecified atom stereocenters. The quantitative estimate of drug-likeness (QED) is 0.808. The lowest BCUT2D eigenvalue weighted by Gasteiger charge is -2.23. The van der Waals surface area contributed by atoms with Gasteiger partial charge in [-0.05, 0) is 40.7 Å². The largest absolute Gasteiger partial charge is 0.361 e. The number of nitrogens with one attached hydrogen (secondary N) is 1. The molecular weight excluding hydrogens is 224 g/mol. The van der Waals surface area contributed by atoms with E-state index >= 15 is 0 Å². The normalized spacial score (nSPS) is 34.3. The van der Waals surface area contributed by atoms with Gasteiger partial charge in [-0.2, -0.15) is 0 Å². The minimum absolute atomic E-state index is 0. The van der Waals surface area contributed by atoms with Gasteiger partial charge in [0.15, 0.2) is 0 Å². The van der Waals surface area contributed by atoms with E-state index in [4.69, 9.17) is 4.74 Å². The Labute approximate surface area is 105 Å². The molecule has 3 nitrogen and oxygen atoms in total. The molecule has 0 aliphatic carbocycles. The van der Waals surface area contributed by atoms with Gasteiger partial charge in [-0.15, -0.1) is 12.4 Å². The summed E-state index contributed by atoms with van der Waals surface area (Å²) < 4.78 is 5.84. The molecule has 2 atom stereocenters. The van der Waals surface area contributed by atoms with Crippen LogP contribution in [0.4, 0.5) is 0 Å². The van der Waals surface area contributed by atoms with E-state index in [9.17, 15) is 0 Å². The lowest BCUT2D eigenvalue weighted by Crippen LogP contribution is -2.43. The number of halogens is 1. The number of rotatable bonds is 2. The third-order valence-corrected chi connectivity index (χ3v) is 3.57. The van der Waals surface area contributed by atoms with Gasteiger partial charge in [0, 0.05) is 24.0 Å². The molecule has 2 aliphatic heterocycles. The maximum absolute atomic E-state index is 5.84. The summed E-state index contributed by atoms with van der Waals surface area (Å²) in [4.78, 5) is 2.54. The average molecular weight is 249 g/mol. The summed E-state index contributed by atoms with van der Waals surface area (Å²) in [5.74, 6) is 0.675. The molecule has 96 valence electrons. The van der Waals surface area contributed by atoms with Gasteiger partial charge in [-0.3, -0.25) is 5.32 Å². The molecule has 0 bridgehead atoms. The summed E-state index contributed by atoms with van der Waals surface area (Å²) in [5, 5.41) is 3.58. The van der Waals surface area contributed by atoms with Crippen molar-refractivity contribution in [3.05, 3.63) is 0 Å². The second-order valence-corrected chi connectivity index (χ2v) is 5.90. The Bertz CT molecular complexity index is 233. The first-order valence-electron chi connectivity index (χ1n) is 6.11. The predicted octanol–water partition coefficient (Wildman–Crippen LogP) is 1.86. The van der Waals surface area contributed by atoms with Crippen LogP contribution in [-0.4, -0.2) is 42.4 Å². The van der Waals surface area contributed by atoms with Gasteiger partial charge in [0.25, 0.3) is 0 Å². The van der Waals surface area contributed by atoms with Crippen LogP contribution in [0.5, 0.6) is 0 Å². The molecule has 1 N–H and O–H groups in total. The molecule has 2 rings (SSSR count). The maximum atomic E-state index is 5.84. The summed E-state index contributed by atoms with van der Waals surface area (Å²) in [5.41, 5.74) is 0.163. The highest BCUT2D eigenvalue weighted by molar-refractivity contribution is 5.85. The molecule has 0 aromatic carbocycles. The molecule has 4 heteroatoms. The van der Waals surface area contributed by atoms with Crippen LogP contribution in [0.2, 0.25) is 0 Å². The molecule has 0 radical (unpaired) electrons. The lowest BCUT2D eigenvalue weighted by atomic mass is 10.1. The fourth-order valence-corrected chi connectivity index (χ4v) is 2.55. The van der Waals surface area contributed by atoms with Gasteiger partial charge in [0.1, 0.15) is 6.23 Å². The zero-order chi connectivity index (χ0) is 11.1. The molecule has 0 spiro atoms. The zero-order valence-electron chi connectivity index (χ0n) is 10.8. The van der Waals surface area contributed by atoms with Crippen molar-refractivity contribution in [3.63, 3.8) is 0 Å². The Morgan fingerprint density at radius 1 is 1.38 bits per heavy atom. The van der Waals surface area contributed by atoms with Gasteiger partial charge in [-0.1, -0.05) is 0 Å². The molecule has 0 aromatic rings. The Morgan fingerprint density at radius 2 is 2.06 bits per heavy atom.